The number of methoxy groups -OCH3 is 1. The number of nitrogens with zero attached hydrogens (tertiary/aromatic N) is 3. The topological polar surface area (TPSA) is 81.3 Å². The van der Waals surface area contributed by atoms with E-state index < -0.39 is 5.97 Å². The van der Waals surface area contributed by atoms with Gasteiger partial charge in [0.15, 0.2) is 5.82 Å². The van der Waals surface area contributed by atoms with Gasteiger partial charge in [-0.25, -0.2) is 4.79 Å². The van der Waals surface area contributed by atoms with Gasteiger partial charge in [-0.05, 0) is 23.7 Å². The van der Waals surface area contributed by atoms with Crippen molar-refractivity contribution in [2.75, 3.05) is 24.8 Å². The Kier molecular flexibility index (Phi) is 3.96. The number of hydrogen-bond acceptors (Lipinski definition) is 7. The van der Waals surface area contributed by atoms with Crippen molar-refractivity contribution in [2.24, 2.45) is 0 Å². The van der Waals surface area contributed by atoms with Crippen molar-refractivity contribution in [3.05, 3.63) is 35.7 Å². The van der Waals surface area contributed by atoms with Crippen molar-refractivity contribution in [1.29, 1.82) is 0 Å². The van der Waals surface area contributed by atoms with E-state index in [-0.39, 0.29) is 5.82 Å². The quantitative estimate of drug-likeness (QED) is 0.854. The van der Waals surface area contributed by atoms with Gasteiger partial charge in [0.25, 0.3) is 0 Å². The number of aromatic nitrogens is 2. The zero-order valence-corrected chi connectivity index (χ0v) is 11.5. The van der Waals surface area contributed by atoms with Crippen molar-refractivity contribution >= 4 is 28.3 Å². The summed E-state index contributed by atoms with van der Waals surface area (Å²) in [5.41, 5.74) is 6.91. The average molecular weight is 278 g/mol. The molecule has 7 heteroatoms. The molecule has 0 aliphatic carbocycles. The van der Waals surface area contributed by atoms with Crippen LogP contribution in [-0.4, -0.2) is 29.5 Å². The van der Waals surface area contributed by atoms with Crippen LogP contribution in [0.5, 0.6) is 0 Å². The van der Waals surface area contributed by atoms with Crippen LogP contribution >= 0.6 is 11.5 Å². The lowest BCUT2D eigenvalue weighted by molar-refractivity contribution is 0.0603. The molecule has 2 N–H and O–H groups in total. The molecule has 0 unspecified atom stereocenters. The first-order valence-electron chi connectivity index (χ1n) is 5.58. The van der Waals surface area contributed by atoms with E-state index in [1.807, 2.05) is 30.1 Å². The van der Waals surface area contributed by atoms with Gasteiger partial charge in [0.1, 0.15) is 10.6 Å². The molecule has 0 amide bonds. The van der Waals surface area contributed by atoms with Crippen LogP contribution in [0.3, 0.4) is 0 Å². The number of anilines is 2. The predicted molar refractivity (Wildman–Crippen MR) is 74.2 cm³/mol. The minimum absolute atomic E-state index is 0.194. The number of nitrogens with two attached hydrogens (primary N) is 1. The van der Waals surface area contributed by atoms with Gasteiger partial charge in [0.2, 0.25) is 0 Å². The molecular formula is C12H14N4O2S. The molecule has 0 radical (unpaired) electrons. The molecule has 0 aliphatic heterocycles. The molecule has 0 aromatic carbocycles. The van der Waals surface area contributed by atoms with Crippen LogP contribution in [-0.2, 0) is 11.3 Å². The normalized spacial score (nSPS) is 10.2. The molecule has 2 aromatic heterocycles. The Labute approximate surface area is 115 Å². The molecule has 0 saturated heterocycles. The molecular weight excluding hydrogens is 264 g/mol. The van der Waals surface area contributed by atoms with E-state index in [0.717, 1.165) is 5.69 Å². The summed E-state index contributed by atoms with van der Waals surface area (Å²) in [5, 5.41) is 0.676. The molecule has 0 atom stereocenters. The zero-order valence-electron chi connectivity index (χ0n) is 10.7. The fourth-order valence-corrected chi connectivity index (χ4v) is 2.41. The number of carbonyl (C=O) groups is 1. The minimum atomic E-state index is -0.478. The maximum absolute atomic E-state index is 11.7. The van der Waals surface area contributed by atoms with Gasteiger partial charge >= 0.3 is 5.97 Å². The molecule has 2 aromatic rings. The van der Waals surface area contributed by atoms with Crippen LogP contribution in [0, 0.1) is 0 Å². The Morgan fingerprint density at radius 2 is 2.32 bits per heavy atom. The summed E-state index contributed by atoms with van der Waals surface area (Å²) in [4.78, 5) is 17.8. The lowest BCUT2D eigenvalue weighted by Gasteiger charge is -2.17. The maximum Gasteiger partial charge on any atom is 0.344 e. The highest BCUT2D eigenvalue weighted by Crippen LogP contribution is 2.31. The average Bonchev–Trinajstić information content (AvgIpc) is 2.81. The van der Waals surface area contributed by atoms with Gasteiger partial charge in [-0.1, -0.05) is 6.07 Å². The molecule has 100 valence electrons. The molecule has 0 spiro atoms. The molecule has 0 bridgehead atoms. The maximum atomic E-state index is 11.7. The van der Waals surface area contributed by atoms with E-state index in [1.165, 1.54) is 18.6 Å². The van der Waals surface area contributed by atoms with Crippen LogP contribution < -0.4 is 10.6 Å². The molecule has 2 heterocycles. The lowest BCUT2D eigenvalue weighted by Crippen LogP contribution is -2.19. The Bertz CT molecular complexity index is 570. The van der Waals surface area contributed by atoms with E-state index in [2.05, 4.69) is 9.36 Å². The predicted octanol–water partition coefficient (Wildman–Crippen LogP) is 1.54. The highest BCUT2D eigenvalue weighted by atomic mass is 32.1. The standard InChI is InChI=1S/C12H14N4O2S/c1-16(7-8-5-3-4-6-14-8)11-9(12(17)18-2)10(13)15-19-11/h3-6H,7H2,1-2H3,(H2,13,15). The number of esters is 1. The highest BCUT2D eigenvalue weighted by Gasteiger charge is 2.22. The first-order valence-corrected chi connectivity index (χ1v) is 6.35. The second-order valence-electron chi connectivity index (χ2n) is 3.92. The number of nitrogen functional groups attached to an aromatic ring is 1. The zero-order chi connectivity index (χ0) is 13.8. The SMILES string of the molecule is COC(=O)c1c(N)nsc1N(C)Cc1ccccn1. The number of pyridine rings is 1. The fourth-order valence-electron chi connectivity index (χ4n) is 1.65. The Hall–Kier alpha value is -2.15. The monoisotopic (exact) mass is 278 g/mol. The van der Waals surface area contributed by atoms with Crippen molar-refractivity contribution in [3.63, 3.8) is 0 Å². The summed E-state index contributed by atoms with van der Waals surface area (Å²) in [7, 11) is 3.18. The van der Waals surface area contributed by atoms with E-state index in [1.54, 1.807) is 6.20 Å². The molecule has 0 fully saturated rings. The van der Waals surface area contributed by atoms with Crippen molar-refractivity contribution < 1.29 is 9.53 Å². The van der Waals surface area contributed by atoms with Crippen molar-refractivity contribution in [1.82, 2.24) is 9.36 Å². The molecule has 0 aliphatic rings. The third kappa shape index (κ3) is 2.82. The van der Waals surface area contributed by atoms with Crippen LogP contribution in [0.25, 0.3) is 0 Å². The number of hydrogen-bond donors (Lipinski definition) is 1. The van der Waals surface area contributed by atoms with E-state index in [4.69, 9.17) is 10.5 Å². The number of ether oxygens (including phenoxy) is 1. The van der Waals surface area contributed by atoms with Gasteiger partial charge in [-0.15, -0.1) is 0 Å². The van der Waals surface area contributed by atoms with Gasteiger partial charge < -0.3 is 15.4 Å². The van der Waals surface area contributed by atoms with Crippen LogP contribution in [0.15, 0.2) is 24.4 Å². The van der Waals surface area contributed by atoms with Crippen molar-refractivity contribution in [2.45, 2.75) is 6.54 Å². The summed E-state index contributed by atoms with van der Waals surface area (Å²) in [6.45, 7) is 0.562. The van der Waals surface area contributed by atoms with E-state index in [0.29, 0.717) is 17.1 Å². The summed E-state index contributed by atoms with van der Waals surface area (Å²) in [5.74, 6) is -0.283. The first-order chi connectivity index (χ1) is 9.13. The fraction of sp³-hybridized carbons (Fsp3) is 0.250. The Morgan fingerprint density at radius 3 is 2.95 bits per heavy atom. The van der Waals surface area contributed by atoms with E-state index >= 15 is 0 Å². The summed E-state index contributed by atoms with van der Waals surface area (Å²) in [6.07, 6.45) is 1.73. The lowest BCUT2D eigenvalue weighted by atomic mass is 10.3. The second kappa shape index (κ2) is 5.66. The summed E-state index contributed by atoms with van der Waals surface area (Å²) >= 11 is 1.17. The van der Waals surface area contributed by atoms with Gasteiger partial charge in [0.05, 0.1) is 19.3 Å². The molecule has 2 rings (SSSR count). The number of carbonyl (C=O) groups excluding carboxylic acids is 1. The van der Waals surface area contributed by atoms with Gasteiger partial charge in [-0.2, -0.15) is 4.37 Å². The molecule has 0 saturated carbocycles. The molecule has 6 nitrogen and oxygen atoms in total. The Morgan fingerprint density at radius 1 is 1.53 bits per heavy atom. The minimum Gasteiger partial charge on any atom is -0.465 e. The second-order valence-corrected chi connectivity index (χ2v) is 4.67. The number of rotatable bonds is 4. The van der Waals surface area contributed by atoms with Crippen LogP contribution in [0.2, 0.25) is 0 Å². The van der Waals surface area contributed by atoms with E-state index in [9.17, 15) is 4.79 Å². The first kappa shape index (κ1) is 13.3. The third-order valence-electron chi connectivity index (χ3n) is 2.56. The van der Waals surface area contributed by atoms with Gasteiger partial charge in [-0.3, -0.25) is 4.98 Å². The van der Waals surface area contributed by atoms with Gasteiger partial charge in [0, 0.05) is 13.2 Å². The Balaban J connectivity index is 2.24. The van der Waals surface area contributed by atoms with Crippen molar-refractivity contribution in [3.8, 4) is 0 Å². The third-order valence-corrected chi connectivity index (χ3v) is 3.54. The molecule has 19 heavy (non-hydrogen) atoms. The largest absolute Gasteiger partial charge is 0.465 e. The van der Waals surface area contributed by atoms with Crippen LogP contribution in [0.1, 0.15) is 16.1 Å². The van der Waals surface area contributed by atoms with Crippen LogP contribution in [0.4, 0.5) is 10.8 Å². The summed E-state index contributed by atoms with van der Waals surface area (Å²) < 4.78 is 8.73. The summed E-state index contributed by atoms with van der Waals surface area (Å²) in [6, 6.07) is 5.69. The highest BCUT2D eigenvalue weighted by molar-refractivity contribution is 7.11. The smallest absolute Gasteiger partial charge is 0.344 e.